The van der Waals surface area contributed by atoms with Gasteiger partial charge in [0.25, 0.3) is 5.91 Å². The van der Waals surface area contributed by atoms with E-state index in [9.17, 15) is 14.4 Å². The van der Waals surface area contributed by atoms with E-state index >= 15 is 0 Å². The van der Waals surface area contributed by atoms with Crippen LogP contribution in [0.1, 0.15) is 16.9 Å². The van der Waals surface area contributed by atoms with Crippen molar-refractivity contribution in [3.05, 3.63) is 54.9 Å². The number of oxime groups is 1. The molecule has 0 aliphatic carbocycles. The maximum Gasteiger partial charge on any atom is 0.332 e. The molecule has 0 fully saturated rings. The summed E-state index contributed by atoms with van der Waals surface area (Å²) < 4.78 is 4.26. The Hall–Kier alpha value is -4.68. The molecule has 0 saturated heterocycles. The van der Waals surface area contributed by atoms with E-state index in [4.69, 9.17) is 16.7 Å². The Bertz CT molecular complexity index is 1240. The smallest absolute Gasteiger partial charge is 0.332 e. The molecule has 34 heavy (non-hydrogen) atoms. The summed E-state index contributed by atoms with van der Waals surface area (Å²) in [5.74, 6) is -0.335. The summed E-state index contributed by atoms with van der Waals surface area (Å²) >= 11 is 0. The lowest BCUT2D eigenvalue weighted by Gasteiger charge is -2.18. The number of carbonyl (C=O) groups excluding carboxylic acids is 3. The van der Waals surface area contributed by atoms with Crippen molar-refractivity contribution in [3.8, 4) is 0 Å². The molecular formula is C21H27N9O4. The van der Waals surface area contributed by atoms with Crippen molar-refractivity contribution < 1.29 is 19.6 Å². The van der Waals surface area contributed by atoms with Gasteiger partial charge in [0.1, 0.15) is 11.5 Å². The third-order valence-corrected chi connectivity index (χ3v) is 5.16. The van der Waals surface area contributed by atoms with Gasteiger partial charge in [-0.1, -0.05) is 5.16 Å². The molecule has 13 nitrogen and oxygen atoms in total. The molecule has 180 valence electrons. The average Bonchev–Trinajstić information content (AvgIpc) is 3.55. The second kappa shape index (κ2) is 9.85. The van der Waals surface area contributed by atoms with E-state index in [1.165, 1.54) is 43.7 Å². The maximum absolute atomic E-state index is 12.9. The molecule has 0 spiro atoms. The molecule has 0 aliphatic heterocycles. The molecule has 0 bridgehead atoms. The third kappa shape index (κ3) is 5.20. The van der Waals surface area contributed by atoms with Crippen LogP contribution < -0.4 is 21.7 Å². The minimum atomic E-state index is -0.394. The molecule has 13 heteroatoms. The lowest BCUT2D eigenvalue weighted by atomic mass is 10.3. The Morgan fingerprint density at radius 1 is 1.09 bits per heavy atom. The van der Waals surface area contributed by atoms with Crippen LogP contribution >= 0.6 is 0 Å². The second-order valence-corrected chi connectivity index (χ2v) is 7.70. The Morgan fingerprint density at radius 2 is 1.76 bits per heavy atom. The zero-order valence-electron chi connectivity index (χ0n) is 19.0. The topological polar surface area (TPSA) is 169 Å². The van der Waals surface area contributed by atoms with Crippen LogP contribution in [0.15, 0.2) is 54.3 Å². The molecule has 3 aromatic heterocycles. The predicted molar refractivity (Wildman–Crippen MR) is 127 cm³/mol. The van der Waals surface area contributed by atoms with Gasteiger partial charge in [-0.3, -0.25) is 18.8 Å². The fourth-order valence-electron chi connectivity index (χ4n) is 3.21. The van der Waals surface area contributed by atoms with Crippen molar-refractivity contribution in [2.45, 2.75) is 6.42 Å². The van der Waals surface area contributed by atoms with Crippen LogP contribution in [-0.2, 0) is 7.05 Å². The van der Waals surface area contributed by atoms with Gasteiger partial charge < -0.3 is 31.5 Å². The van der Waals surface area contributed by atoms with Crippen molar-refractivity contribution in [3.63, 3.8) is 0 Å². The first-order chi connectivity index (χ1) is 16.1. The highest BCUT2D eigenvalue weighted by Gasteiger charge is 2.18. The molecule has 0 atom stereocenters. The molecule has 0 radical (unpaired) electrons. The van der Waals surface area contributed by atoms with Crippen molar-refractivity contribution in [2.75, 3.05) is 36.6 Å². The summed E-state index contributed by atoms with van der Waals surface area (Å²) in [4.78, 5) is 40.7. The fraction of sp³-hybridized carbons (Fsp3) is 0.238. The van der Waals surface area contributed by atoms with Crippen LogP contribution in [0, 0.1) is 0 Å². The molecule has 6 N–H and O–H groups in total. The van der Waals surface area contributed by atoms with E-state index < -0.39 is 6.03 Å². The predicted octanol–water partition coefficient (Wildman–Crippen LogP) is 1.60. The highest BCUT2D eigenvalue weighted by Crippen LogP contribution is 2.18. The normalized spacial score (nSPS) is 11.3. The number of anilines is 3. The largest absolute Gasteiger partial charge is 0.409 e. The summed E-state index contributed by atoms with van der Waals surface area (Å²) in [5, 5.41) is 14.2. The average molecular weight is 470 g/mol. The van der Waals surface area contributed by atoms with Crippen LogP contribution in [0.3, 0.4) is 0 Å². The Labute approximate surface area is 195 Å². The van der Waals surface area contributed by atoms with E-state index in [1.54, 1.807) is 50.1 Å². The van der Waals surface area contributed by atoms with Crippen molar-refractivity contribution in [1.82, 2.24) is 18.6 Å². The fourth-order valence-corrected chi connectivity index (χ4v) is 3.21. The van der Waals surface area contributed by atoms with E-state index in [2.05, 4.69) is 10.5 Å². The Kier molecular flexibility index (Phi) is 6.95. The van der Waals surface area contributed by atoms with Gasteiger partial charge in [0.05, 0.1) is 17.1 Å². The minimum Gasteiger partial charge on any atom is -0.409 e. The number of hydrogen-bond acceptors (Lipinski definition) is 6. The monoisotopic (exact) mass is 469 g/mol. The zero-order valence-corrected chi connectivity index (χ0v) is 19.0. The van der Waals surface area contributed by atoms with E-state index in [0.717, 1.165) is 0 Å². The molecule has 3 aromatic rings. The van der Waals surface area contributed by atoms with Crippen LogP contribution in [0.5, 0.6) is 0 Å². The summed E-state index contributed by atoms with van der Waals surface area (Å²) in [6.45, 7) is 0.254. The van der Waals surface area contributed by atoms with Gasteiger partial charge in [-0.2, -0.15) is 0 Å². The van der Waals surface area contributed by atoms with Gasteiger partial charge in [-0.05, 0) is 18.2 Å². The standard InChI is InChI=1S/C21H27N9O4/c1-26(7-6-18(23)25-34)20(32)30-9-5-16(13-30)28(3)21(33)29-8-4-15(12-29)24-19(31)17-10-14(22)11-27(17)2/h4-5,8-13,34H,6-7,22H2,1-3H3,(H2,23,25)(H,24,31). The van der Waals surface area contributed by atoms with Gasteiger partial charge in [-0.15, -0.1) is 0 Å². The molecule has 3 rings (SSSR count). The van der Waals surface area contributed by atoms with Gasteiger partial charge in [0, 0.05) is 65.1 Å². The SMILES string of the molecule is CN(CCC(N)=NO)C(=O)n1ccc(N(C)C(=O)n2ccc(NC(=O)c3cc(N)cn3C)c2)c1. The van der Waals surface area contributed by atoms with Crippen molar-refractivity contribution >= 4 is 40.9 Å². The minimum absolute atomic E-state index is 0.0215. The number of aromatic nitrogens is 3. The number of rotatable bonds is 6. The van der Waals surface area contributed by atoms with Crippen LogP contribution in [0.4, 0.5) is 26.7 Å². The van der Waals surface area contributed by atoms with Crippen molar-refractivity contribution in [1.29, 1.82) is 0 Å². The lowest BCUT2D eigenvalue weighted by molar-refractivity contribution is 0.101. The molecule has 0 unspecified atom stereocenters. The number of carbonyl (C=O) groups is 3. The number of hydrogen-bond donors (Lipinski definition) is 4. The maximum atomic E-state index is 12.9. The second-order valence-electron chi connectivity index (χ2n) is 7.70. The highest BCUT2D eigenvalue weighted by molar-refractivity contribution is 6.04. The number of nitrogens with two attached hydrogens (primary N) is 2. The molecule has 0 aliphatic rings. The summed E-state index contributed by atoms with van der Waals surface area (Å²) in [6.07, 6.45) is 7.92. The van der Waals surface area contributed by atoms with Crippen LogP contribution in [-0.4, -0.2) is 68.3 Å². The van der Waals surface area contributed by atoms with Gasteiger partial charge in [0.2, 0.25) is 0 Å². The summed E-state index contributed by atoms with van der Waals surface area (Å²) in [7, 11) is 4.86. The van der Waals surface area contributed by atoms with E-state index in [1.807, 2.05) is 0 Å². The number of nitrogen functional groups attached to an aromatic ring is 1. The first kappa shape index (κ1) is 24.0. The van der Waals surface area contributed by atoms with Crippen molar-refractivity contribution in [2.24, 2.45) is 17.9 Å². The van der Waals surface area contributed by atoms with Gasteiger partial charge >= 0.3 is 12.1 Å². The first-order valence-corrected chi connectivity index (χ1v) is 10.2. The van der Waals surface area contributed by atoms with Gasteiger partial charge in [-0.25, -0.2) is 9.59 Å². The summed E-state index contributed by atoms with van der Waals surface area (Å²) in [6, 6.07) is 4.04. The molecular weight excluding hydrogens is 442 g/mol. The Balaban J connectivity index is 1.64. The van der Waals surface area contributed by atoms with Crippen LogP contribution in [0.25, 0.3) is 0 Å². The lowest BCUT2D eigenvalue weighted by Crippen LogP contribution is -2.33. The van der Waals surface area contributed by atoms with Gasteiger partial charge in [0.15, 0.2) is 0 Å². The quantitative estimate of drug-likeness (QED) is 0.185. The first-order valence-electron chi connectivity index (χ1n) is 10.2. The number of amides is 3. The third-order valence-electron chi connectivity index (χ3n) is 5.16. The molecule has 0 saturated carbocycles. The number of nitrogens with one attached hydrogen (secondary N) is 1. The molecule has 0 aromatic carbocycles. The van der Waals surface area contributed by atoms with Crippen LogP contribution in [0.2, 0.25) is 0 Å². The van der Waals surface area contributed by atoms with E-state index in [-0.39, 0.29) is 30.7 Å². The number of amidine groups is 1. The molecule has 3 amide bonds. The Morgan fingerprint density at radius 3 is 2.41 bits per heavy atom. The number of nitrogens with zero attached hydrogens (tertiary/aromatic N) is 6. The van der Waals surface area contributed by atoms with E-state index in [0.29, 0.717) is 22.8 Å². The number of aryl methyl sites for hydroxylation is 1. The zero-order chi connectivity index (χ0) is 25.0. The summed E-state index contributed by atoms with van der Waals surface area (Å²) in [5.41, 5.74) is 12.9. The molecule has 3 heterocycles. The highest BCUT2D eigenvalue weighted by atomic mass is 16.4.